The molecule has 7 nitrogen and oxygen atoms in total. The third kappa shape index (κ3) is 4.21. The number of hydrogen-bond donors (Lipinski definition) is 1. The van der Waals surface area contributed by atoms with Crippen LogP contribution in [0.1, 0.15) is 39.2 Å². The zero-order valence-electron chi connectivity index (χ0n) is 17.9. The van der Waals surface area contributed by atoms with Crippen LogP contribution in [0.2, 0.25) is 0 Å². The maximum absolute atomic E-state index is 13.2. The average molecular weight is 422 g/mol. The normalized spacial score (nSPS) is 15.3. The number of benzene rings is 2. The summed E-state index contributed by atoms with van der Waals surface area (Å²) in [6, 6.07) is 12.6. The van der Waals surface area contributed by atoms with Gasteiger partial charge >= 0.3 is 0 Å². The van der Waals surface area contributed by atoms with E-state index in [2.05, 4.69) is 5.32 Å². The van der Waals surface area contributed by atoms with Crippen LogP contribution in [0.25, 0.3) is 5.57 Å². The molecule has 0 bridgehead atoms. The van der Waals surface area contributed by atoms with Gasteiger partial charge in [0.1, 0.15) is 11.4 Å². The number of nitrogens with zero attached hydrogens (tertiary/aromatic N) is 1. The van der Waals surface area contributed by atoms with Crippen molar-refractivity contribution in [2.45, 2.75) is 39.7 Å². The number of hydrogen-bond acceptors (Lipinski definition) is 6. The van der Waals surface area contributed by atoms with Crippen molar-refractivity contribution in [3.05, 3.63) is 53.7 Å². The van der Waals surface area contributed by atoms with E-state index in [1.165, 1.54) is 4.90 Å². The molecule has 2 heterocycles. The molecule has 0 saturated carbocycles. The minimum Gasteiger partial charge on any atom is -0.491 e. The van der Waals surface area contributed by atoms with Crippen molar-refractivity contribution >= 4 is 23.1 Å². The van der Waals surface area contributed by atoms with Crippen LogP contribution in [0.3, 0.4) is 0 Å². The predicted molar refractivity (Wildman–Crippen MR) is 117 cm³/mol. The molecule has 31 heavy (non-hydrogen) atoms. The summed E-state index contributed by atoms with van der Waals surface area (Å²) in [7, 11) is 0. The van der Waals surface area contributed by atoms with Crippen molar-refractivity contribution < 1.29 is 23.8 Å². The van der Waals surface area contributed by atoms with Crippen LogP contribution in [-0.4, -0.2) is 36.2 Å². The van der Waals surface area contributed by atoms with E-state index in [-0.39, 0.29) is 30.4 Å². The second-order valence-corrected chi connectivity index (χ2v) is 7.75. The van der Waals surface area contributed by atoms with E-state index in [4.69, 9.17) is 14.2 Å². The van der Waals surface area contributed by atoms with Gasteiger partial charge in [-0.05, 0) is 50.1 Å². The molecule has 2 amide bonds. The van der Waals surface area contributed by atoms with Gasteiger partial charge in [-0.2, -0.15) is 0 Å². The number of unbranched alkanes of at least 4 members (excludes halogenated alkanes) is 1. The number of fused-ring (bicyclic) bond motifs is 1. The third-order valence-electron chi connectivity index (χ3n) is 5.06. The Hall–Kier alpha value is -3.48. The second-order valence-electron chi connectivity index (χ2n) is 7.75. The van der Waals surface area contributed by atoms with Gasteiger partial charge in [0.05, 0.1) is 11.7 Å². The molecule has 2 aliphatic heterocycles. The predicted octanol–water partition coefficient (Wildman–Crippen LogP) is 4.19. The van der Waals surface area contributed by atoms with E-state index < -0.39 is 0 Å². The molecule has 2 aromatic rings. The van der Waals surface area contributed by atoms with Crippen LogP contribution in [0.5, 0.6) is 17.2 Å². The van der Waals surface area contributed by atoms with Crippen molar-refractivity contribution in [2.75, 3.05) is 18.7 Å². The van der Waals surface area contributed by atoms with Crippen LogP contribution >= 0.6 is 0 Å². The lowest BCUT2D eigenvalue weighted by Crippen LogP contribution is -2.33. The molecule has 2 aliphatic rings. The lowest BCUT2D eigenvalue weighted by molar-refractivity contribution is -0.136. The zero-order valence-corrected chi connectivity index (χ0v) is 17.9. The first kappa shape index (κ1) is 20.8. The Labute approximate surface area is 181 Å². The van der Waals surface area contributed by atoms with Crippen LogP contribution in [-0.2, 0) is 9.59 Å². The van der Waals surface area contributed by atoms with Gasteiger partial charge in [0.15, 0.2) is 11.5 Å². The molecule has 0 atom stereocenters. The Morgan fingerprint density at radius 3 is 2.48 bits per heavy atom. The maximum Gasteiger partial charge on any atom is 0.278 e. The number of carbonyl (C=O) groups is 2. The molecule has 0 fully saturated rings. The van der Waals surface area contributed by atoms with Gasteiger partial charge in [-0.25, -0.2) is 0 Å². The molecular weight excluding hydrogens is 396 g/mol. The van der Waals surface area contributed by atoms with E-state index in [1.54, 1.807) is 18.2 Å². The third-order valence-corrected chi connectivity index (χ3v) is 5.06. The standard InChI is InChI=1S/C24H26N2O5/c1-4-5-12-26-23(27)21(16-6-9-18(10-7-16)31-15(2)3)22(24(26)28)25-17-8-11-19-20(13-17)30-14-29-19/h6-11,13,15,25H,4-5,12,14H2,1-3H3. The van der Waals surface area contributed by atoms with Gasteiger partial charge < -0.3 is 19.5 Å². The fourth-order valence-electron chi connectivity index (χ4n) is 3.57. The highest BCUT2D eigenvalue weighted by atomic mass is 16.7. The lowest BCUT2D eigenvalue weighted by Gasteiger charge is -2.14. The summed E-state index contributed by atoms with van der Waals surface area (Å²) in [4.78, 5) is 27.7. The topological polar surface area (TPSA) is 77.1 Å². The van der Waals surface area contributed by atoms with Crippen LogP contribution in [0, 0.1) is 0 Å². The van der Waals surface area contributed by atoms with Crippen molar-refractivity contribution in [1.82, 2.24) is 4.90 Å². The van der Waals surface area contributed by atoms with Gasteiger partial charge in [0.25, 0.3) is 11.8 Å². The number of amides is 2. The number of anilines is 1. The molecule has 162 valence electrons. The van der Waals surface area contributed by atoms with Crippen molar-refractivity contribution in [3.63, 3.8) is 0 Å². The molecule has 0 spiro atoms. The summed E-state index contributed by atoms with van der Waals surface area (Å²) in [6.07, 6.45) is 1.69. The summed E-state index contributed by atoms with van der Waals surface area (Å²) >= 11 is 0. The summed E-state index contributed by atoms with van der Waals surface area (Å²) in [5.41, 5.74) is 1.93. The van der Waals surface area contributed by atoms with E-state index in [1.807, 2.05) is 45.0 Å². The fraction of sp³-hybridized carbons (Fsp3) is 0.333. The second kappa shape index (κ2) is 8.71. The van der Waals surface area contributed by atoms with Crippen LogP contribution < -0.4 is 19.5 Å². The van der Waals surface area contributed by atoms with Crippen LogP contribution in [0.15, 0.2) is 48.2 Å². The van der Waals surface area contributed by atoms with E-state index in [0.717, 1.165) is 12.8 Å². The van der Waals surface area contributed by atoms with E-state index in [0.29, 0.717) is 40.6 Å². The minimum absolute atomic E-state index is 0.0486. The monoisotopic (exact) mass is 422 g/mol. The minimum atomic E-state index is -0.325. The Balaban J connectivity index is 1.69. The highest BCUT2D eigenvalue weighted by Crippen LogP contribution is 2.36. The Morgan fingerprint density at radius 1 is 1.03 bits per heavy atom. The Bertz CT molecular complexity index is 1030. The first-order chi connectivity index (χ1) is 15.0. The highest BCUT2D eigenvalue weighted by molar-refractivity contribution is 6.36. The number of nitrogens with one attached hydrogen (secondary N) is 1. The average Bonchev–Trinajstić information content (AvgIpc) is 3.30. The molecule has 0 unspecified atom stereocenters. The SMILES string of the molecule is CCCCN1C(=O)C(Nc2ccc3c(c2)OCO3)=C(c2ccc(OC(C)C)cc2)C1=O. The number of ether oxygens (including phenoxy) is 3. The Morgan fingerprint density at radius 2 is 1.77 bits per heavy atom. The summed E-state index contributed by atoms with van der Waals surface area (Å²) in [6.45, 7) is 6.49. The Kier molecular flexibility index (Phi) is 5.84. The van der Waals surface area contributed by atoms with Crippen molar-refractivity contribution in [3.8, 4) is 17.2 Å². The van der Waals surface area contributed by atoms with Crippen molar-refractivity contribution in [1.29, 1.82) is 0 Å². The van der Waals surface area contributed by atoms with E-state index in [9.17, 15) is 9.59 Å². The lowest BCUT2D eigenvalue weighted by atomic mass is 10.0. The molecular formula is C24H26N2O5. The van der Waals surface area contributed by atoms with Gasteiger partial charge in [-0.15, -0.1) is 0 Å². The van der Waals surface area contributed by atoms with Crippen LogP contribution in [0.4, 0.5) is 5.69 Å². The zero-order chi connectivity index (χ0) is 22.0. The molecule has 4 rings (SSSR count). The molecule has 2 aromatic carbocycles. The summed E-state index contributed by atoms with van der Waals surface area (Å²) < 4.78 is 16.5. The summed E-state index contributed by atoms with van der Waals surface area (Å²) in [5, 5.41) is 3.15. The first-order valence-electron chi connectivity index (χ1n) is 10.5. The van der Waals surface area contributed by atoms with Gasteiger partial charge in [-0.3, -0.25) is 14.5 Å². The molecule has 0 aromatic heterocycles. The largest absolute Gasteiger partial charge is 0.491 e. The molecule has 1 N–H and O–H groups in total. The van der Waals surface area contributed by atoms with Crippen molar-refractivity contribution in [2.24, 2.45) is 0 Å². The van der Waals surface area contributed by atoms with E-state index >= 15 is 0 Å². The molecule has 0 radical (unpaired) electrons. The summed E-state index contributed by atoms with van der Waals surface area (Å²) in [5.74, 6) is 1.35. The highest BCUT2D eigenvalue weighted by Gasteiger charge is 2.39. The smallest absolute Gasteiger partial charge is 0.278 e. The fourth-order valence-corrected chi connectivity index (χ4v) is 3.57. The number of carbonyl (C=O) groups excluding carboxylic acids is 2. The van der Waals surface area contributed by atoms with Gasteiger partial charge in [0, 0.05) is 18.3 Å². The molecule has 7 heteroatoms. The molecule has 0 saturated heterocycles. The first-order valence-corrected chi connectivity index (χ1v) is 10.5. The number of imide groups is 1. The molecule has 0 aliphatic carbocycles. The number of rotatable bonds is 8. The van der Waals surface area contributed by atoms with Gasteiger partial charge in [-0.1, -0.05) is 25.5 Å². The maximum atomic E-state index is 13.2. The quantitative estimate of drug-likeness (QED) is 0.643. The van der Waals surface area contributed by atoms with Gasteiger partial charge in [0.2, 0.25) is 6.79 Å².